The molecule has 7 heteroatoms. The number of rotatable bonds is 7. The first kappa shape index (κ1) is 16.9. The summed E-state index contributed by atoms with van der Waals surface area (Å²) in [6.07, 6.45) is 2.14. The molecular weight excluding hydrogens is 280 g/mol. The Kier molecular flexibility index (Phi) is 6.45. The van der Waals surface area contributed by atoms with Crippen LogP contribution in [0.2, 0.25) is 0 Å². The fourth-order valence-corrected chi connectivity index (χ4v) is 4.10. The van der Waals surface area contributed by atoms with E-state index >= 15 is 0 Å². The molecular formula is C13H24N2O4S. The van der Waals surface area contributed by atoms with Gasteiger partial charge in [0, 0.05) is 19.1 Å². The minimum Gasteiger partial charge on any atom is -0.356 e. The Morgan fingerprint density at radius 1 is 1.30 bits per heavy atom. The highest BCUT2D eigenvalue weighted by molar-refractivity contribution is 7.91. The molecule has 116 valence electrons. The van der Waals surface area contributed by atoms with Gasteiger partial charge in [-0.2, -0.15) is 0 Å². The molecule has 20 heavy (non-hydrogen) atoms. The molecule has 0 aliphatic carbocycles. The standard InChI is InChI=1S/C13H24N2O4S/c1-3-5-7-14-12(16)9-13(17)15(4-2)11-6-8-20(18,19)10-11/h11H,3-10H2,1-2H3,(H,14,16). The highest BCUT2D eigenvalue weighted by atomic mass is 32.2. The van der Waals surface area contributed by atoms with E-state index in [1.807, 2.05) is 6.92 Å². The summed E-state index contributed by atoms with van der Waals surface area (Å²) in [7, 11) is -3.02. The van der Waals surface area contributed by atoms with Gasteiger partial charge in [-0.1, -0.05) is 13.3 Å². The number of amides is 2. The van der Waals surface area contributed by atoms with Crippen LogP contribution in [0.4, 0.5) is 0 Å². The smallest absolute Gasteiger partial charge is 0.232 e. The number of nitrogens with zero attached hydrogens (tertiary/aromatic N) is 1. The van der Waals surface area contributed by atoms with Gasteiger partial charge >= 0.3 is 0 Å². The fourth-order valence-electron chi connectivity index (χ4n) is 2.37. The van der Waals surface area contributed by atoms with Crippen LogP contribution in [0.25, 0.3) is 0 Å². The van der Waals surface area contributed by atoms with Crippen LogP contribution in [0, 0.1) is 0 Å². The van der Waals surface area contributed by atoms with Crippen LogP contribution in [0.1, 0.15) is 39.5 Å². The number of carbonyl (C=O) groups excluding carboxylic acids is 2. The van der Waals surface area contributed by atoms with Gasteiger partial charge in [0.05, 0.1) is 11.5 Å². The van der Waals surface area contributed by atoms with Crippen molar-refractivity contribution >= 4 is 21.7 Å². The molecule has 1 N–H and O–H groups in total. The Bertz CT molecular complexity index is 447. The maximum Gasteiger partial charge on any atom is 0.232 e. The lowest BCUT2D eigenvalue weighted by Gasteiger charge is -2.26. The lowest BCUT2D eigenvalue weighted by atomic mass is 10.2. The molecule has 0 bridgehead atoms. The van der Waals surface area contributed by atoms with Gasteiger partial charge in [-0.25, -0.2) is 8.42 Å². The quantitative estimate of drug-likeness (QED) is 0.542. The largest absolute Gasteiger partial charge is 0.356 e. The van der Waals surface area contributed by atoms with E-state index in [1.165, 1.54) is 4.90 Å². The maximum absolute atomic E-state index is 12.1. The maximum atomic E-state index is 12.1. The van der Waals surface area contributed by atoms with Crippen LogP contribution < -0.4 is 5.32 Å². The second-order valence-corrected chi connectivity index (χ2v) is 7.35. The number of sulfone groups is 1. The average Bonchev–Trinajstić information content (AvgIpc) is 2.70. The van der Waals surface area contributed by atoms with E-state index in [9.17, 15) is 18.0 Å². The first-order chi connectivity index (χ1) is 9.39. The lowest BCUT2D eigenvalue weighted by molar-refractivity contribution is -0.137. The number of unbranched alkanes of at least 4 members (excludes halogenated alkanes) is 1. The highest BCUT2D eigenvalue weighted by Crippen LogP contribution is 2.18. The third-order valence-corrected chi connectivity index (χ3v) is 5.22. The molecule has 1 unspecified atom stereocenters. The van der Waals surface area contributed by atoms with Gasteiger partial charge in [0.15, 0.2) is 9.84 Å². The van der Waals surface area contributed by atoms with Crippen molar-refractivity contribution in [3.63, 3.8) is 0 Å². The van der Waals surface area contributed by atoms with Crippen LogP contribution in [0.15, 0.2) is 0 Å². The van der Waals surface area contributed by atoms with Crippen LogP contribution in [0.3, 0.4) is 0 Å². The molecule has 1 atom stereocenters. The van der Waals surface area contributed by atoms with Crippen LogP contribution in [-0.2, 0) is 19.4 Å². The summed E-state index contributed by atoms with van der Waals surface area (Å²) < 4.78 is 22.9. The number of nitrogens with one attached hydrogen (secondary N) is 1. The van der Waals surface area contributed by atoms with Crippen LogP contribution >= 0.6 is 0 Å². The molecule has 1 heterocycles. The number of carbonyl (C=O) groups is 2. The number of hydrogen-bond donors (Lipinski definition) is 1. The monoisotopic (exact) mass is 304 g/mol. The Balaban J connectivity index is 2.49. The summed E-state index contributed by atoms with van der Waals surface area (Å²) in [4.78, 5) is 25.2. The lowest BCUT2D eigenvalue weighted by Crippen LogP contribution is -2.43. The summed E-state index contributed by atoms with van der Waals surface area (Å²) in [5.41, 5.74) is 0. The van der Waals surface area contributed by atoms with Gasteiger partial charge in [-0.05, 0) is 19.8 Å². The zero-order valence-electron chi connectivity index (χ0n) is 12.2. The molecule has 1 fully saturated rings. The van der Waals surface area contributed by atoms with Crippen molar-refractivity contribution in [1.82, 2.24) is 10.2 Å². The van der Waals surface area contributed by atoms with Gasteiger partial charge in [-0.15, -0.1) is 0 Å². The summed E-state index contributed by atoms with van der Waals surface area (Å²) >= 11 is 0. The van der Waals surface area contributed by atoms with Crippen LogP contribution in [0.5, 0.6) is 0 Å². The predicted octanol–water partition coefficient (Wildman–Crippen LogP) is 0.328. The summed E-state index contributed by atoms with van der Waals surface area (Å²) in [5, 5.41) is 2.70. The molecule has 1 aliphatic rings. The molecule has 0 aromatic heterocycles. The Hall–Kier alpha value is -1.11. The van der Waals surface area contributed by atoms with Gasteiger partial charge in [0.2, 0.25) is 11.8 Å². The molecule has 0 saturated carbocycles. The van der Waals surface area contributed by atoms with E-state index in [-0.39, 0.29) is 35.8 Å². The molecule has 6 nitrogen and oxygen atoms in total. The third kappa shape index (κ3) is 5.11. The molecule has 0 aromatic rings. The van der Waals surface area contributed by atoms with Crippen molar-refractivity contribution in [2.45, 2.75) is 45.6 Å². The van der Waals surface area contributed by atoms with Crippen molar-refractivity contribution in [1.29, 1.82) is 0 Å². The Morgan fingerprint density at radius 2 is 2.00 bits per heavy atom. The Morgan fingerprint density at radius 3 is 2.50 bits per heavy atom. The van der Waals surface area contributed by atoms with Gasteiger partial charge in [0.25, 0.3) is 0 Å². The molecule has 2 amide bonds. The number of hydrogen-bond acceptors (Lipinski definition) is 4. The fraction of sp³-hybridized carbons (Fsp3) is 0.846. The summed E-state index contributed by atoms with van der Waals surface area (Å²) in [5.74, 6) is -0.430. The van der Waals surface area contributed by atoms with Gasteiger partial charge in [0.1, 0.15) is 6.42 Å². The highest BCUT2D eigenvalue weighted by Gasteiger charge is 2.34. The minimum atomic E-state index is -3.02. The van der Waals surface area contributed by atoms with Crippen LogP contribution in [-0.4, -0.2) is 55.8 Å². The van der Waals surface area contributed by atoms with Crippen molar-refractivity contribution in [3.8, 4) is 0 Å². The normalized spacial score (nSPS) is 20.6. The third-order valence-electron chi connectivity index (χ3n) is 3.47. The van der Waals surface area contributed by atoms with E-state index in [1.54, 1.807) is 6.92 Å². The van der Waals surface area contributed by atoms with Crippen molar-refractivity contribution < 1.29 is 18.0 Å². The first-order valence-corrected chi connectivity index (χ1v) is 8.98. The van der Waals surface area contributed by atoms with E-state index in [0.717, 1.165) is 12.8 Å². The molecule has 0 aromatic carbocycles. The first-order valence-electron chi connectivity index (χ1n) is 7.16. The minimum absolute atomic E-state index is 0.0179. The zero-order chi connectivity index (χ0) is 15.2. The SMILES string of the molecule is CCCCNC(=O)CC(=O)N(CC)C1CCS(=O)(=O)C1. The van der Waals surface area contributed by atoms with E-state index in [2.05, 4.69) is 5.32 Å². The van der Waals surface area contributed by atoms with Crippen molar-refractivity contribution in [2.75, 3.05) is 24.6 Å². The zero-order valence-corrected chi connectivity index (χ0v) is 13.0. The Labute approximate surface area is 120 Å². The molecule has 0 radical (unpaired) electrons. The molecule has 0 spiro atoms. The topological polar surface area (TPSA) is 83.6 Å². The molecule has 1 aliphatic heterocycles. The van der Waals surface area contributed by atoms with Gasteiger partial charge in [-0.3, -0.25) is 9.59 Å². The van der Waals surface area contributed by atoms with E-state index in [0.29, 0.717) is 19.5 Å². The van der Waals surface area contributed by atoms with E-state index < -0.39 is 9.84 Å². The van der Waals surface area contributed by atoms with Crippen molar-refractivity contribution in [3.05, 3.63) is 0 Å². The second kappa shape index (κ2) is 7.61. The molecule has 1 saturated heterocycles. The van der Waals surface area contributed by atoms with E-state index in [4.69, 9.17) is 0 Å². The predicted molar refractivity (Wildman–Crippen MR) is 77.0 cm³/mol. The van der Waals surface area contributed by atoms with Gasteiger partial charge < -0.3 is 10.2 Å². The van der Waals surface area contributed by atoms with Crippen molar-refractivity contribution in [2.24, 2.45) is 0 Å². The summed E-state index contributed by atoms with van der Waals surface area (Å²) in [6.45, 7) is 4.84. The molecule has 1 rings (SSSR count). The second-order valence-electron chi connectivity index (χ2n) is 5.12. The average molecular weight is 304 g/mol. The summed E-state index contributed by atoms with van der Waals surface area (Å²) in [6, 6.07) is -0.277.